The van der Waals surface area contributed by atoms with E-state index < -0.39 is 16.7 Å². The van der Waals surface area contributed by atoms with Crippen molar-refractivity contribution in [3.63, 3.8) is 0 Å². The lowest BCUT2D eigenvalue weighted by molar-refractivity contribution is -0.387. The molecule has 24 heavy (non-hydrogen) atoms. The summed E-state index contributed by atoms with van der Waals surface area (Å²) in [6.07, 6.45) is 1.72. The molecule has 0 heterocycles. The van der Waals surface area contributed by atoms with E-state index in [0.29, 0.717) is 4.90 Å². The smallest absolute Gasteiger partial charge is 0.338 e. The molecular weight excluding hydrogens is 330 g/mol. The fraction of sp³-hybridized carbons (Fsp3) is 0.176. The van der Waals surface area contributed by atoms with E-state index in [-0.39, 0.29) is 29.0 Å². The van der Waals surface area contributed by atoms with Crippen molar-refractivity contribution in [1.29, 1.82) is 0 Å². The molecule has 0 aliphatic carbocycles. The van der Waals surface area contributed by atoms with Crippen LogP contribution in [0.25, 0.3) is 0 Å². The molecule has 7 heteroatoms. The Bertz CT molecular complexity index is 803. The van der Waals surface area contributed by atoms with Gasteiger partial charge in [-0.3, -0.25) is 14.9 Å². The monoisotopic (exact) mass is 345 g/mol. The van der Waals surface area contributed by atoms with Crippen molar-refractivity contribution in [3.05, 3.63) is 69.3 Å². The molecule has 0 radical (unpaired) electrons. The van der Waals surface area contributed by atoms with Gasteiger partial charge in [-0.1, -0.05) is 18.2 Å². The molecule has 2 rings (SSSR count). The lowest BCUT2D eigenvalue weighted by atomic mass is 9.98. The van der Waals surface area contributed by atoms with Crippen LogP contribution < -0.4 is 0 Å². The molecule has 0 amide bonds. The van der Waals surface area contributed by atoms with E-state index in [1.165, 1.54) is 42.1 Å². The Hall–Kier alpha value is -2.67. The number of carbonyl (C=O) groups excluding carboxylic acids is 2. The van der Waals surface area contributed by atoms with E-state index in [1.54, 1.807) is 25.3 Å². The molecule has 6 nitrogen and oxygen atoms in total. The van der Waals surface area contributed by atoms with Gasteiger partial charge in [-0.25, -0.2) is 4.79 Å². The predicted molar refractivity (Wildman–Crippen MR) is 90.7 cm³/mol. The maximum absolute atomic E-state index is 12.7. The van der Waals surface area contributed by atoms with Crippen LogP contribution in [-0.2, 0) is 4.74 Å². The standard InChI is InChI=1S/C17H15NO5S/c1-3-23-17(20)13-7-5-4-6-12(13)16(19)11-8-9-15(24-2)14(10-11)18(21)22/h4-10H,3H2,1-2H3. The number of nitro benzene ring substituents is 1. The highest BCUT2D eigenvalue weighted by Crippen LogP contribution is 2.29. The van der Waals surface area contributed by atoms with E-state index in [0.717, 1.165) is 0 Å². The largest absolute Gasteiger partial charge is 0.462 e. The van der Waals surface area contributed by atoms with Gasteiger partial charge in [0, 0.05) is 17.2 Å². The Morgan fingerprint density at radius 1 is 1.17 bits per heavy atom. The average molecular weight is 345 g/mol. The van der Waals surface area contributed by atoms with Crippen LogP contribution in [0, 0.1) is 10.1 Å². The third-order valence-corrected chi connectivity index (χ3v) is 4.09. The first-order valence-corrected chi connectivity index (χ1v) is 8.35. The predicted octanol–water partition coefficient (Wildman–Crippen LogP) is 3.72. The Morgan fingerprint density at radius 3 is 2.42 bits per heavy atom. The van der Waals surface area contributed by atoms with E-state index >= 15 is 0 Å². The number of ketones is 1. The van der Waals surface area contributed by atoms with Crippen LogP contribution in [0.3, 0.4) is 0 Å². The Kier molecular flexibility index (Phi) is 5.70. The summed E-state index contributed by atoms with van der Waals surface area (Å²) in [5, 5.41) is 11.2. The molecule has 0 aliphatic heterocycles. The minimum Gasteiger partial charge on any atom is -0.462 e. The number of nitro groups is 1. The molecular formula is C17H15NO5S. The highest BCUT2D eigenvalue weighted by molar-refractivity contribution is 7.98. The summed E-state index contributed by atoms with van der Waals surface area (Å²) in [7, 11) is 0. The Balaban J connectivity index is 2.48. The van der Waals surface area contributed by atoms with Gasteiger partial charge in [-0.15, -0.1) is 11.8 Å². The third-order valence-electron chi connectivity index (χ3n) is 3.30. The van der Waals surface area contributed by atoms with E-state index in [4.69, 9.17) is 4.74 Å². The minimum absolute atomic E-state index is 0.137. The maximum atomic E-state index is 12.7. The summed E-state index contributed by atoms with van der Waals surface area (Å²) in [4.78, 5) is 35.8. The van der Waals surface area contributed by atoms with Crippen LogP contribution in [0.4, 0.5) is 5.69 Å². The van der Waals surface area contributed by atoms with Crippen molar-refractivity contribution >= 4 is 29.2 Å². The van der Waals surface area contributed by atoms with Crippen LogP contribution in [0.1, 0.15) is 33.2 Å². The van der Waals surface area contributed by atoms with Gasteiger partial charge in [0.2, 0.25) is 0 Å². The van der Waals surface area contributed by atoms with Gasteiger partial charge in [-0.2, -0.15) is 0 Å². The highest BCUT2D eigenvalue weighted by atomic mass is 32.2. The van der Waals surface area contributed by atoms with Crippen molar-refractivity contribution in [2.45, 2.75) is 11.8 Å². The van der Waals surface area contributed by atoms with Crippen molar-refractivity contribution in [2.24, 2.45) is 0 Å². The molecule has 0 aromatic heterocycles. The molecule has 0 unspecified atom stereocenters. The molecule has 0 atom stereocenters. The first-order chi connectivity index (χ1) is 11.5. The zero-order valence-corrected chi connectivity index (χ0v) is 14.0. The van der Waals surface area contributed by atoms with Crippen LogP contribution in [0.15, 0.2) is 47.4 Å². The van der Waals surface area contributed by atoms with E-state index in [2.05, 4.69) is 0 Å². The second-order valence-electron chi connectivity index (χ2n) is 4.74. The maximum Gasteiger partial charge on any atom is 0.338 e. The SMILES string of the molecule is CCOC(=O)c1ccccc1C(=O)c1ccc(SC)c([N+](=O)[O-])c1. The lowest BCUT2D eigenvalue weighted by Crippen LogP contribution is -2.12. The van der Waals surface area contributed by atoms with Crippen molar-refractivity contribution < 1.29 is 19.2 Å². The van der Waals surface area contributed by atoms with Gasteiger partial charge in [0.1, 0.15) is 0 Å². The first-order valence-electron chi connectivity index (χ1n) is 7.12. The molecule has 0 saturated heterocycles. The van der Waals surface area contributed by atoms with Gasteiger partial charge in [0.15, 0.2) is 5.78 Å². The zero-order valence-electron chi connectivity index (χ0n) is 13.1. The number of hydrogen-bond donors (Lipinski definition) is 0. The molecule has 0 fully saturated rings. The van der Waals surface area contributed by atoms with Crippen LogP contribution in [-0.4, -0.2) is 29.5 Å². The molecule has 2 aromatic rings. The number of esters is 1. The van der Waals surface area contributed by atoms with Gasteiger partial charge in [0.25, 0.3) is 5.69 Å². The van der Waals surface area contributed by atoms with Gasteiger partial charge in [0.05, 0.1) is 22.0 Å². The van der Waals surface area contributed by atoms with E-state index in [1.807, 2.05) is 0 Å². The summed E-state index contributed by atoms with van der Waals surface area (Å²) < 4.78 is 4.95. The van der Waals surface area contributed by atoms with Crippen LogP contribution >= 0.6 is 11.8 Å². The number of nitrogens with zero attached hydrogens (tertiary/aromatic N) is 1. The van der Waals surface area contributed by atoms with Crippen LogP contribution in [0.5, 0.6) is 0 Å². The molecule has 0 aliphatic rings. The lowest BCUT2D eigenvalue weighted by Gasteiger charge is -2.08. The number of ether oxygens (including phenoxy) is 1. The van der Waals surface area contributed by atoms with Crippen molar-refractivity contribution in [3.8, 4) is 0 Å². The number of hydrogen-bond acceptors (Lipinski definition) is 6. The molecule has 0 saturated carbocycles. The second kappa shape index (κ2) is 7.74. The molecule has 0 bridgehead atoms. The van der Waals surface area contributed by atoms with Gasteiger partial charge < -0.3 is 4.74 Å². The van der Waals surface area contributed by atoms with Gasteiger partial charge in [-0.05, 0) is 31.4 Å². The molecule has 0 N–H and O–H groups in total. The topological polar surface area (TPSA) is 86.5 Å². The van der Waals surface area contributed by atoms with Crippen LogP contribution in [0.2, 0.25) is 0 Å². The summed E-state index contributed by atoms with van der Waals surface area (Å²) in [6, 6.07) is 10.5. The highest BCUT2D eigenvalue weighted by Gasteiger charge is 2.22. The third kappa shape index (κ3) is 3.62. The summed E-state index contributed by atoms with van der Waals surface area (Å²) in [5.74, 6) is -1.06. The van der Waals surface area contributed by atoms with Crippen molar-refractivity contribution in [2.75, 3.05) is 12.9 Å². The quantitative estimate of drug-likeness (QED) is 0.261. The number of thioether (sulfide) groups is 1. The average Bonchev–Trinajstić information content (AvgIpc) is 2.60. The Labute approximate surface area is 143 Å². The number of carbonyl (C=O) groups is 2. The second-order valence-corrected chi connectivity index (χ2v) is 5.59. The molecule has 0 spiro atoms. The number of benzene rings is 2. The zero-order chi connectivity index (χ0) is 17.7. The summed E-state index contributed by atoms with van der Waals surface area (Å²) >= 11 is 1.23. The molecule has 2 aromatic carbocycles. The van der Waals surface area contributed by atoms with Crippen molar-refractivity contribution in [1.82, 2.24) is 0 Å². The minimum atomic E-state index is -0.600. The number of rotatable bonds is 6. The fourth-order valence-electron chi connectivity index (χ4n) is 2.20. The summed E-state index contributed by atoms with van der Waals surface area (Å²) in [5.41, 5.74) is 0.307. The van der Waals surface area contributed by atoms with E-state index in [9.17, 15) is 19.7 Å². The Morgan fingerprint density at radius 2 is 1.83 bits per heavy atom. The fourth-order valence-corrected chi connectivity index (χ4v) is 2.74. The normalized spacial score (nSPS) is 10.2. The molecule has 124 valence electrons. The summed E-state index contributed by atoms with van der Waals surface area (Å²) in [6.45, 7) is 1.86. The first kappa shape index (κ1) is 17.7. The van der Waals surface area contributed by atoms with Gasteiger partial charge >= 0.3 is 5.97 Å².